The number of nitrogens with zero attached hydrogens (tertiary/aromatic N) is 3. The second-order valence-corrected chi connectivity index (χ2v) is 8.65. The largest absolute Gasteiger partial charge is 0.370 e. The molecule has 2 aromatic carbocycles. The van der Waals surface area contributed by atoms with Crippen molar-refractivity contribution in [3.8, 4) is 22.8 Å². The number of nitrogens with one attached hydrogen (secondary N) is 1. The van der Waals surface area contributed by atoms with Crippen LogP contribution in [0.4, 0.5) is 5.82 Å². The molecule has 3 N–H and O–H groups in total. The lowest BCUT2D eigenvalue weighted by Gasteiger charge is -2.06. The lowest BCUT2D eigenvalue weighted by Crippen LogP contribution is -2.12. The van der Waals surface area contributed by atoms with Crippen molar-refractivity contribution in [1.82, 2.24) is 15.1 Å². The van der Waals surface area contributed by atoms with Crippen LogP contribution >= 0.6 is 0 Å². The van der Waals surface area contributed by atoms with Crippen LogP contribution in [0.3, 0.4) is 0 Å². The van der Waals surface area contributed by atoms with Crippen molar-refractivity contribution in [2.45, 2.75) is 18.2 Å². The molecule has 4 aromatic rings. The molecule has 4 rings (SSSR count). The minimum atomic E-state index is -3.67. The number of rotatable bonds is 7. The fourth-order valence-corrected chi connectivity index (χ4v) is 3.56. The minimum absolute atomic E-state index is 0.105. The number of nitrogens with two attached hydrogens (primary N) is 1. The molecule has 31 heavy (non-hydrogen) atoms. The van der Waals surface area contributed by atoms with E-state index >= 15 is 0 Å². The average Bonchev–Trinajstić information content (AvgIpc) is 3.24. The summed E-state index contributed by atoms with van der Waals surface area (Å²) in [5.74, 6) is 1.66. The molecule has 2 heterocycles. The molecular formula is C22H21N5O3S. The van der Waals surface area contributed by atoms with Crippen molar-refractivity contribution in [2.75, 3.05) is 11.9 Å². The van der Waals surface area contributed by atoms with E-state index in [2.05, 4.69) is 20.4 Å². The van der Waals surface area contributed by atoms with E-state index in [9.17, 15) is 8.42 Å². The quantitative estimate of drug-likeness (QED) is 0.456. The molecule has 0 aliphatic heterocycles. The highest BCUT2D eigenvalue weighted by atomic mass is 32.2. The van der Waals surface area contributed by atoms with Gasteiger partial charge in [0.05, 0.1) is 10.5 Å². The Morgan fingerprint density at radius 1 is 1.03 bits per heavy atom. The van der Waals surface area contributed by atoms with Crippen molar-refractivity contribution < 1.29 is 12.9 Å². The van der Waals surface area contributed by atoms with Crippen molar-refractivity contribution in [3.63, 3.8) is 0 Å². The maximum Gasteiger partial charge on any atom is 0.259 e. The van der Waals surface area contributed by atoms with Crippen LogP contribution in [-0.4, -0.2) is 30.1 Å². The van der Waals surface area contributed by atoms with Crippen LogP contribution in [0.25, 0.3) is 22.8 Å². The van der Waals surface area contributed by atoms with Gasteiger partial charge < -0.3 is 9.84 Å². The highest BCUT2D eigenvalue weighted by molar-refractivity contribution is 7.89. The summed E-state index contributed by atoms with van der Waals surface area (Å²) in [5.41, 5.74) is 3.75. The molecule has 0 radical (unpaired) electrons. The number of aryl methyl sites for hydroxylation is 1. The van der Waals surface area contributed by atoms with E-state index in [1.165, 1.54) is 12.1 Å². The zero-order chi connectivity index (χ0) is 21.8. The van der Waals surface area contributed by atoms with Gasteiger partial charge >= 0.3 is 0 Å². The molecule has 0 spiro atoms. The molecule has 0 saturated heterocycles. The number of primary sulfonamides is 1. The van der Waals surface area contributed by atoms with Gasteiger partial charge in [0, 0.05) is 18.3 Å². The number of anilines is 1. The molecule has 0 atom stereocenters. The smallest absolute Gasteiger partial charge is 0.259 e. The number of hydrogen-bond donors (Lipinski definition) is 2. The van der Waals surface area contributed by atoms with Crippen molar-refractivity contribution >= 4 is 15.8 Å². The second kappa shape index (κ2) is 8.66. The molecular weight excluding hydrogens is 414 g/mol. The van der Waals surface area contributed by atoms with Gasteiger partial charge in [-0.1, -0.05) is 41.1 Å². The van der Waals surface area contributed by atoms with Gasteiger partial charge in [0.15, 0.2) is 0 Å². The van der Waals surface area contributed by atoms with Crippen LogP contribution in [0.1, 0.15) is 11.1 Å². The van der Waals surface area contributed by atoms with E-state index in [4.69, 9.17) is 9.66 Å². The van der Waals surface area contributed by atoms with E-state index in [0.717, 1.165) is 22.3 Å². The van der Waals surface area contributed by atoms with Crippen LogP contribution in [0, 0.1) is 6.92 Å². The third-order valence-corrected chi connectivity index (χ3v) is 5.61. The lowest BCUT2D eigenvalue weighted by atomic mass is 10.1. The van der Waals surface area contributed by atoms with Crippen molar-refractivity contribution in [1.29, 1.82) is 0 Å². The summed E-state index contributed by atoms with van der Waals surface area (Å²) in [5, 5.41) is 12.4. The summed E-state index contributed by atoms with van der Waals surface area (Å²) in [7, 11) is -3.67. The Labute approximate surface area is 180 Å². The van der Waals surface area contributed by atoms with E-state index in [1.54, 1.807) is 18.3 Å². The molecule has 0 fully saturated rings. The first-order chi connectivity index (χ1) is 14.9. The number of hydrogen-bond acceptors (Lipinski definition) is 7. The second-order valence-electron chi connectivity index (χ2n) is 7.09. The fraction of sp³-hybridized carbons (Fsp3) is 0.136. The van der Waals surface area contributed by atoms with Gasteiger partial charge in [-0.25, -0.2) is 18.5 Å². The molecule has 158 valence electrons. The van der Waals surface area contributed by atoms with Gasteiger partial charge in [-0.15, -0.1) is 0 Å². The lowest BCUT2D eigenvalue weighted by molar-refractivity contribution is 0.432. The average molecular weight is 436 g/mol. The highest BCUT2D eigenvalue weighted by Gasteiger charge is 2.11. The Hall–Kier alpha value is -3.56. The normalized spacial score (nSPS) is 11.4. The number of pyridine rings is 1. The van der Waals surface area contributed by atoms with Crippen LogP contribution in [0.15, 0.2) is 76.3 Å². The summed E-state index contributed by atoms with van der Waals surface area (Å²) in [4.78, 5) is 8.96. The van der Waals surface area contributed by atoms with Crippen molar-refractivity contribution in [3.05, 3.63) is 78.0 Å². The maximum absolute atomic E-state index is 11.3. The Balaban J connectivity index is 1.35. The first kappa shape index (κ1) is 20.7. The summed E-state index contributed by atoms with van der Waals surface area (Å²) >= 11 is 0. The van der Waals surface area contributed by atoms with Crippen LogP contribution in [-0.2, 0) is 16.4 Å². The van der Waals surface area contributed by atoms with E-state index < -0.39 is 10.0 Å². The maximum atomic E-state index is 11.3. The summed E-state index contributed by atoms with van der Waals surface area (Å²) in [6.07, 6.45) is 2.38. The summed E-state index contributed by atoms with van der Waals surface area (Å²) < 4.78 is 28.0. The van der Waals surface area contributed by atoms with Crippen molar-refractivity contribution in [2.24, 2.45) is 5.14 Å². The monoisotopic (exact) mass is 435 g/mol. The molecule has 9 heteroatoms. The number of benzene rings is 2. The van der Waals surface area contributed by atoms with Crippen LogP contribution < -0.4 is 10.5 Å². The zero-order valence-corrected chi connectivity index (χ0v) is 17.6. The fourth-order valence-electron chi connectivity index (χ4n) is 3.05. The summed E-state index contributed by atoms with van der Waals surface area (Å²) in [6, 6.07) is 18.1. The van der Waals surface area contributed by atoms with Gasteiger partial charge in [-0.05, 0) is 49.2 Å². The molecule has 0 aliphatic carbocycles. The highest BCUT2D eigenvalue weighted by Crippen LogP contribution is 2.23. The van der Waals surface area contributed by atoms with Gasteiger partial charge in [0.25, 0.3) is 5.89 Å². The third kappa shape index (κ3) is 5.14. The Kier molecular flexibility index (Phi) is 5.79. The molecule has 2 aromatic heterocycles. The third-order valence-electron chi connectivity index (χ3n) is 4.68. The predicted octanol–water partition coefficient (Wildman–Crippen LogP) is 3.41. The first-order valence-electron chi connectivity index (χ1n) is 9.61. The van der Waals surface area contributed by atoms with Crippen LogP contribution in [0.5, 0.6) is 0 Å². The van der Waals surface area contributed by atoms with E-state index in [0.29, 0.717) is 30.5 Å². The zero-order valence-electron chi connectivity index (χ0n) is 16.8. The van der Waals surface area contributed by atoms with Crippen LogP contribution in [0.2, 0.25) is 0 Å². The Morgan fingerprint density at radius 3 is 2.52 bits per heavy atom. The first-order valence-corrected chi connectivity index (χ1v) is 11.2. The van der Waals surface area contributed by atoms with E-state index in [1.807, 2.05) is 43.3 Å². The molecule has 8 nitrogen and oxygen atoms in total. The summed E-state index contributed by atoms with van der Waals surface area (Å²) in [6.45, 7) is 2.65. The van der Waals surface area contributed by atoms with E-state index in [-0.39, 0.29) is 4.90 Å². The van der Waals surface area contributed by atoms with Gasteiger partial charge in [0.2, 0.25) is 15.8 Å². The Bertz CT molecular complexity index is 1280. The standard InChI is InChI=1S/C22H21N5O3S/c1-15-3-2-4-17(13-15)21-26-22(30-27-21)18-7-10-20(25-14-18)24-12-11-16-5-8-19(9-6-16)31(23,28)29/h2-10,13-14H,11-12H2,1H3,(H,24,25)(H2,23,28,29). The SMILES string of the molecule is Cc1cccc(-c2noc(-c3ccc(NCCc4ccc(S(N)(=O)=O)cc4)nc3)n2)c1. The molecule has 0 bridgehead atoms. The topological polar surface area (TPSA) is 124 Å². The number of aromatic nitrogens is 3. The van der Waals surface area contributed by atoms with Gasteiger partial charge in [-0.2, -0.15) is 4.98 Å². The van der Waals surface area contributed by atoms with Gasteiger partial charge in [-0.3, -0.25) is 0 Å². The number of sulfonamides is 1. The molecule has 0 aliphatic rings. The molecule has 0 unspecified atom stereocenters. The molecule has 0 amide bonds. The molecule has 0 saturated carbocycles. The Morgan fingerprint density at radius 2 is 1.84 bits per heavy atom. The minimum Gasteiger partial charge on any atom is -0.370 e. The predicted molar refractivity (Wildman–Crippen MR) is 118 cm³/mol. The van der Waals surface area contributed by atoms with Gasteiger partial charge in [0.1, 0.15) is 5.82 Å².